The summed E-state index contributed by atoms with van der Waals surface area (Å²) >= 11 is 1.41. The average Bonchev–Trinajstić information content (AvgIpc) is 3.28. The number of rotatable bonds is 4. The van der Waals surface area contributed by atoms with E-state index in [2.05, 4.69) is 20.6 Å². The molecule has 0 unspecified atom stereocenters. The predicted molar refractivity (Wildman–Crippen MR) is 85.7 cm³/mol. The molecule has 0 saturated heterocycles. The number of hydrogen-bond donors (Lipinski definition) is 1. The normalized spacial score (nSPS) is 16.9. The highest BCUT2D eigenvalue weighted by Crippen LogP contribution is 2.41. The minimum absolute atomic E-state index is 0.0928. The Morgan fingerprint density at radius 2 is 2.13 bits per heavy atom. The Morgan fingerprint density at radius 3 is 2.96 bits per heavy atom. The molecule has 1 fully saturated rings. The Morgan fingerprint density at radius 1 is 1.30 bits per heavy atom. The van der Waals surface area contributed by atoms with Gasteiger partial charge in [-0.15, -0.1) is 10.2 Å². The minimum Gasteiger partial charge on any atom is -0.299 e. The third-order valence-electron chi connectivity index (χ3n) is 4.18. The molecule has 0 radical (unpaired) electrons. The molecule has 0 aromatic carbocycles. The summed E-state index contributed by atoms with van der Waals surface area (Å²) in [5, 5.41) is 16.6. The van der Waals surface area contributed by atoms with Crippen molar-refractivity contribution in [1.29, 1.82) is 0 Å². The van der Waals surface area contributed by atoms with Gasteiger partial charge in [-0.3, -0.25) is 14.9 Å². The van der Waals surface area contributed by atoms with Crippen molar-refractivity contribution in [1.82, 2.24) is 20.0 Å². The highest BCUT2D eigenvalue weighted by atomic mass is 32.1. The molecule has 2 aliphatic rings. The average molecular weight is 331 g/mol. The van der Waals surface area contributed by atoms with E-state index in [1.54, 1.807) is 6.07 Å². The molecule has 0 bridgehead atoms. The predicted octanol–water partition coefficient (Wildman–Crippen LogP) is 1.49. The van der Waals surface area contributed by atoms with Crippen LogP contribution in [0.5, 0.6) is 0 Å². The zero-order valence-electron chi connectivity index (χ0n) is 12.6. The fourth-order valence-corrected chi connectivity index (χ4v) is 3.72. The topological polar surface area (TPSA) is 89.8 Å². The number of anilines is 1. The summed E-state index contributed by atoms with van der Waals surface area (Å²) in [7, 11) is 0. The van der Waals surface area contributed by atoms with Crippen LogP contribution in [0, 0.1) is 0 Å². The maximum atomic E-state index is 12.1. The van der Waals surface area contributed by atoms with Gasteiger partial charge in [-0.05, 0) is 44.1 Å². The molecule has 2 heterocycles. The van der Waals surface area contributed by atoms with E-state index in [0.717, 1.165) is 54.8 Å². The van der Waals surface area contributed by atoms with E-state index in [9.17, 15) is 9.59 Å². The molecule has 0 atom stereocenters. The number of nitrogens with zero attached hydrogens (tertiary/aromatic N) is 4. The monoisotopic (exact) mass is 331 g/mol. The fourth-order valence-electron chi connectivity index (χ4n) is 2.79. The quantitative estimate of drug-likeness (QED) is 0.917. The van der Waals surface area contributed by atoms with Crippen LogP contribution in [-0.4, -0.2) is 25.9 Å². The summed E-state index contributed by atoms with van der Waals surface area (Å²) in [6, 6.07) is 1.62. The third-order valence-corrected chi connectivity index (χ3v) is 5.18. The Bertz CT molecular complexity index is 808. The number of hydrogen-bond acceptors (Lipinski definition) is 6. The molecule has 1 amide bonds. The fraction of sp³-hybridized carbons (Fsp3) is 0.533. The van der Waals surface area contributed by atoms with Gasteiger partial charge in [0.25, 0.3) is 5.56 Å². The van der Waals surface area contributed by atoms with Gasteiger partial charge in [-0.2, -0.15) is 5.10 Å². The Hall–Kier alpha value is -2.09. The summed E-state index contributed by atoms with van der Waals surface area (Å²) in [4.78, 5) is 24.2. The Balaban J connectivity index is 1.46. The summed E-state index contributed by atoms with van der Waals surface area (Å²) in [5.74, 6) is 0.219. The van der Waals surface area contributed by atoms with E-state index in [-0.39, 0.29) is 18.0 Å². The molecule has 0 spiro atoms. The molecule has 2 aromatic heterocycles. The first-order chi connectivity index (χ1) is 11.2. The van der Waals surface area contributed by atoms with Crippen LogP contribution >= 0.6 is 11.3 Å². The maximum Gasteiger partial charge on any atom is 0.267 e. The number of aromatic nitrogens is 4. The number of fused-ring (bicyclic) bond motifs is 1. The van der Waals surface area contributed by atoms with E-state index in [4.69, 9.17) is 0 Å². The molecular formula is C15H17N5O2S. The molecule has 0 aliphatic heterocycles. The first kappa shape index (κ1) is 14.5. The van der Waals surface area contributed by atoms with Crippen molar-refractivity contribution in [2.24, 2.45) is 0 Å². The van der Waals surface area contributed by atoms with Gasteiger partial charge < -0.3 is 0 Å². The van der Waals surface area contributed by atoms with Crippen molar-refractivity contribution < 1.29 is 4.79 Å². The zero-order valence-corrected chi connectivity index (χ0v) is 13.4. The number of carbonyl (C=O) groups is 1. The van der Waals surface area contributed by atoms with Crippen LogP contribution < -0.4 is 10.9 Å². The van der Waals surface area contributed by atoms with Crippen LogP contribution in [0.25, 0.3) is 0 Å². The first-order valence-corrected chi connectivity index (χ1v) is 8.74. The molecule has 1 saturated carbocycles. The van der Waals surface area contributed by atoms with Gasteiger partial charge >= 0.3 is 0 Å². The summed E-state index contributed by atoms with van der Waals surface area (Å²) in [5.41, 5.74) is 1.74. The molecule has 120 valence electrons. The van der Waals surface area contributed by atoms with Crippen LogP contribution in [-0.2, 0) is 24.2 Å². The lowest BCUT2D eigenvalue weighted by molar-refractivity contribution is -0.117. The van der Waals surface area contributed by atoms with Crippen molar-refractivity contribution in [3.8, 4) is 0 Å². The minimum atomic E-state index is -0.297. The Labute approximate surface area is 136 Å². The lowest BCUT2D eigenvalue weighted by atomic mass is 9.97. The number of carbonyl (C=O) groups excluding carboxylic acids is 1. The maximum absolute atomic E-state index is 12.1. The van der Waals surface area contributed by atoms with Gasteiger partial charge in [-0.25, -0.2) is 4.68 Å². The van der Waals surface area contributed by atoms with E-state index in [0.29, 0.717) is 11.0 Å². The largest absolute Gasteiger partial charge is 0.299 e. The number of aryl methyl sites for hydroxylation is 2. The molecule has 23 heavy (non-hydrogen) atoms. The molecule has 2 aromatic rings. The third kappa shape index (κ3) is 3.17. The summed E-state index contributed by atoms with van der Waals surface area (Å²) in [6.07, 6.45) is 6.25. The van der Waals surface area contributed by atoms with Crippen LogP contribution in [0.15, 0.2) is 10.9 Å². The van der Waals surface area contributed by atoms with Crippen LogP contribution in [0.1, 0.15) is 47.9 Å². The van der Waals surface area contributed by atoms with Crippen molar-refractivity contribution >= 4 is 22.4 Å². The second-order valence-corrected chi connectivity index (χ2v) is 7.10. The van der Waals surface area contributed by atoms with Gasteiger partial charge in [0.1, 0.15) is 11.6 Å². The van der Waals surface area contributed by atoms with Crippen LogP contribution in [0.2, 0.25) is 0 Å². The molecular weight excluding hydrogens is 314 g/mol. The van der Waals surface area contributed by atoms with Crippen molar-refractivity contribution in [3.05, 3.63) is 32.7 Å². The highest BCUT2D eigenvalue weighted by molar-refractivity contribution is 7.15. The van der Waals surface area contributed by atoms with E-state index in [1.165, 1.54) is 16.0 Å². The van der Waals surface area contributed by atoms with E-state index >= 15 is 0 Å². The molecule has 2 aliphatic carbocycles. The molecule has 7 nitrogen and oxygen atoms in total. The lowest BCUT2D eigenvalue weighted by Crippen LogP contribution is -2.31. The Kier molecular flexibility index (Phi) is 3.68. The second-order valence-electron chi connectivity index (χ2n) is 6.09. The number of nitrogens with one attached hydrogen (secondary N) is 1. The highest BCUT2D eigenvalue weighted by Gasteiger charge is 2.27. The number of amides is 1. The van der Waals surface area contributed by atoms with Gasteiger partial charge in [0.15, 0.2) is 0 Å². The lowest BCUT2D eigenvalue weighted by Gasteiger charge is -2.15. The standard InChI is InChI=1S/C15H17N5O2S/c21-12(16-15-18-17-14(23-15)9-5-6-9)8-20-13(22)7-10-3-1-2-4-11(10)19-20/h7,9H,1-6,8H2,(H,16,18,21). The van der Waals surface area contributed by atoms with Gasteiger partial charge in [-0.1, -0.05) is 11.3 Å². The van der Waals surface area contributed by atoms with E-state index < -0.39 is 0 Å². The SMILES string of the molecule is O=C(Cn1nc2c(cc1=O)CCCC2)Nc1nnc(C2CC2)s1. The smallest absolute Gasteiger partial charge is 0.267 e. The first-order valence-electron chi connectivity index (χ1n) is 7.92. The summed E-state index contributed by atoms with van der Waals surface area (Å²) in [6.45, 7) is -0.0928. The van der Waals surface area contributed by atoms with Crippen LogP contribution in [0.3, 0.4) is 0 Å². The molecule has 4 rings (SSSR count). The van der Waals surface area contributed by atoms with Gasteiger partial charge in [0.2, 0.25) is 11.0 Å². The van der Waals surface area contributed by atoms with Gasteiger partial charge in [0, 0.05) is 12.0 Å². The van der Waals surface area contributed by atoms with Gasteiger partial charge in [0.05, 0.1) is 5.69 Å². The zero-order chi connectivity index (χ0) is 15.8. The molecule has 1 N–H and O–H groups in total. The second kappa shape index (κ2) is 5.84. The van der Waals surface area contributed by atoms with Crippen molar-refractivity contribution in [2.75, 3.05) is 5.32 Å². The molecule has 8 heteroatoms. The van der Waals surface area contributed by atoms with Crippen molar-refractivity contribution in [2.45, 2.75) is 51.0 Å². The van der Waals surface area contributed by atoms with Crippen LogP contribution in [0.4, 0.5) is 5.13 Å². The van der Waals surface area contributed by atoms with E-state index in [1.807, 2.05) is 0 Å². The summed E-state index contributed by atoms with van der Waals surface area (Å²) < 4.78 is 1.24. The van der Waals surface area contributed by atoms with Crippen molar-refractivity contribution in [3.63, 3.8) is 0 Å².